The lowest BCUT2D eigenvalue weighted by molar-refractivity contribution is -0.140. The molecule has 2 aromatic carbocycles. The normalized spacial score (nSPS) is 11.7. The Morgan fingerprint density at radius 3 is 2.35 bits per heavy atom. The van der Waals surface area contributed by atoms with Gasteiger partial charge in [-0.25, -0.2) is 4.98 Å². The molecule has 4 rings (SSSR count). The molecule has 0 saturated carbocycles. The lowest BCUT2D eigenvalue weighted by atomic mass is 10.1. The van der Waals surface area contributed by atoms with Gasteiger partial charge >= 0.3 is 6.18 Å². The van der Waals surface area contributed by atoms with E-state index in [9.17, 15) is 13.2 Å². The van der Waals surface area contributed by atoms with Crippen LogP contribution in [0.1, 0.15) is 18.3 Å². The highest BCUT2D eigenvalue weighted by Gasteiger charge is 2.39. The molecule has 0 saturated heterocycles. The predicted octanol–water partition coefficient (Wildman–Crippen LogP) is 6.52. The zero-order valence-corrected chi connectivity index (χ0v) is 17.4. The SMILES string of the molecule is CCOc1ccc(Nc2cc(C)nc3c(-c4ccc(Cl)cc4)c(C(F)(F)F)nn23)cc1. The lowest BCUT2D eigenvalue weighted by Crippen LogP contribution is -2.08. The van der Waals surface area contributed by atoms with E-state index in [1.807, 2.05) is 6.92 Å². The summed E-state index contributed by atoms with van der Waals surface area (Å²) in [6.07, 6.45) is -4.66. The van der Waals surface area contributed by atoms with Crippen molar-refractivity contribution in [2.24, 2.45) is 0 Å². The number of anilines is 2. The van der Waals surface area contributed by atoms with Crippen molar-refractivity contribution < 1.29 is 17.9 Å². The van der Waals surface area contributed by atoms with E-state index in [0.717, 1.165) is 0 Å². The number of rotatable bonds is 5. The molecule has 1 N–H and O–H groups in total. The minimum atomic E-state index is -4.66. The molecule has 0 aliphatic heterocycles. The van der Waals surface area contributed by atoms with Gasteiger partial charge in [0.2, 0.25) is 0 Å². The molecule has 0 aliphatic carbocycles. The first-order valence-electron chi connectivity index (χ1n) is 9.49. The van der Waals surface area contributed by atoms with Gasteiger partial charge in [-0.1, -0.05) is 23.7 Å². The summed E-state index contributed by atoms with van der Waals surface area (Å²) >= 11 is 5.91. The Morgan fingerprint density at radius 1 is 1.06 bits per heavy atom. The molecule has 31 heavy (non-hydrogen) atoms. The van der Waals surface area contributed by atoms with E-state index >= 15 is 0 Å². The molecule has 0 bridgehead atoms. The molecule has 160 valence electrons. The smallest absolute Gasteiger partial charge is 0.435 e. The third kappa shape index (κ3) is 4.29. The fraction of sp³-hybridized carbons (Fsp3) is 0.182. The number of nitrogens with zero attached hydrogens (tertiary/aromatic N) is 3. The van der Waals surface area contributed by atoms with Gasteiger partial charge in [-0.05, 0) is 55.8 Å². The Bertz CT molecular complexity index is 1220. The number of ether oxygens (including phenoxy) is 1. The second-order valence-corrected chi connectivity index (χ2v) is 7.27. The first-order chi connectivity index (χ1) is 14.8. The van der Waals surface area contributed by atoms with Gasteiger partial charge in [-0.2, -0.15) is 22.8 Å². The summed E-state index contributed by atoms with van der Waals surface area (Å²) in [6.45, 7) is 4.14. The van der Waals surface area contributed by atoms with Crippen molar-refractivity contribution in [3.63, 3.8) is 0 Å². The maximum atomic E-state index is 13.9. The summed E-state index contributed by atoms with van der Waals surface area (Å²) in [7, 11) is 0. The molecule has 0 aliphatic rings. The van der Waals surface area contributed by atoms with Crippen LogP contribution in [0.2, 0.25) is 5.02 Å². The number of benzene rings is 2. The topological polar surface area (TPSA) is 51.5 Å². The molecular weight excluding hydrogens is 429 g/mol. The second kappa shape index (κ2) is 8.11. The number of aromatic nitrogens is 3. The van der Waals surface area contributed by atoms with Crippen molar-refractivity contribution in [2.75, 3.05) is 11.9 Å². The lowest BCUT2D eigenvalue weighted by Gasteiger charge is -2.11. The molecule has 0 spiro atoms. The summed E-state index contributed by atoms with van der Waals surface area (Å²) in [5.74, 6) is 1.06. The van der Waals surface area contributed by atoms with Crippen LogP contribution in [0.4, 0.5) is 24.7 Å². The van der Waals surface area contributed by atoms with Gasteiger partial charge in [0.05, 0.1) is 12.2 Å². The highest BCUT2D eigenvalue weighted by atomic mass is 35.5. The van der Waals surface area contributed by atoms with Crippen molar-refractivity contribution in [3.05, 3.63) is 71.0 Å². The van der Waals surface area contributed by atoms with E-state index in [2.05, 4.69) is 15.4 Å². The van der Waals surface area contributed by atoms with Gasteiger partial charge in [0.15, 0.2) is 11.3 Å². The van der Waals surface area contributed by atoms with Gasteiger partial charge in [-0.15, -0.1) is 0 Å². The van der Waals surface area contributed by atoms with Crippen LogP contribution in [0.5, 0.6) is 5.75 Å². The molecule has 0 amide bonds. The molecule has 0 fully saturated rings. The largest absolute Gasteiger partial charge is 0.494 e. The third-order valence-corrected chi connectivity index (χ3v) is 4.81. The van der Waals surface area contributed by atoms with Crippen LogP contribution < -0.4 is 10.1 Å². The fourth-order valence-electron chi connectivity index (χ4n) is 3.26. The molecule has 4 aromatic rings. The summed E-state index contributed by atoms with van der Waals surface area (Å²) in [5, 5.41) is 7.43. The number of fused-ring (bicyclic) bond motifs is 1. The van der Waals surface area contributed by atoms with Crippen LogP contribution in [-0.4, -0.2) is 21.2 Å². The van der Waals surface area contributed by atoms with Gasteiger partial charge in [0.25, 0.3) is 0 Å². The average Bonchev–Trinajstić information content (AvgIpc) is 3.10. The quantitative estimate of drug-likeness (QED) is 0.379. The van der Waals surface area contributed by atoms with Crippen LogP contribution in [0.15, 0.2) is 54.6 Å². The van der Waals surface area contributed by atoms with Crippen LogP contribution in [-0.2, 0) is 6.18 Å². The molecule has 0 radical (unpaired) electrons. The van der Waals surface area contributed by atoms with Crippen LogP contribution in [0, 0.1) is 6.92 Å². The highest BCUT2D eigenvalue weighted by molar-refractivity contribution is 6.30. The number of hydrogen-bond acceptors (Lipinski definition) is 4. The molecule has 5 nitrogen and oxygen atoms in total. The molecular formula is C22H18ClF3N4O. The minimum absolute atomic E-state index is 0.0948. The highest BCUT2D eigenvalue weighted by Crippen LogP contribution is 2.39. The van der Waals surface area contributed by atoms with Crippen molar-refractivity contribution in [1.82, 2.24) is 14.6 Å². The van der Waals surface area contributed by atoms with Crippen molar-refractivity contribution >= 4 is 28.8 Å². The van der Waals surface area contributed by atoms with Crippen molar-refractivity contribution in [1.29, 1.82) is 0 Å². The van der Waals surface area contributed by atoms with Crippen LogP contribution >= 0.6 is 11.6 Å². The van der Waals surface area contributed by atoms with E-state index in [4.69, 9.17) is 16.3 Å². The zero-order valence-electron chi connectivity index (χ0n) is 16.7. The van der Waals surface area contributed by atoms with Gasteiger partial charge in [0.1, 0.15) is 11.6 Å². The Labute approximate surface area is 181 Å². The maximum Gasteiger partial charge on any atom is 0.435 e. The molecule has 9 heteroatoms. The zero-order chi connectivity index (χ0) is 22.2. The van der Waals surface area contributed by atoms with Crippen molar-refractivity contribution in [3.8, 4) is 16.9 Å². The number of halogens is 4. The Morgan fingerprint density at radius 2 is 1.74 bits per heavy atom. The standard InChI is InChI=1S/C22H18ClF3N4O/c1-3-31-17-10-8-16(9-11-17)28-18-12-13(2)27-21-19(14-4-6-15(23)7-5-14)20(22(24,25)26)29-30(18)21/h4-12,28H,3H2,1-2H3. The Balaban J connectivity index is 1.87. The summed E-state index contributed by atoms with van der Waals surface area (Å²) < 4.78 is 48.2. The summed E-state index contributed by atoms with van der Waals surface area (Å²) in [4.78, 5) is 4.36. The second-order valence-electron chi connectivity index (χ2n) is 6.83. The maximum absolute atomic E-state index is 13.9. The van der Waals surface area contributed by atoms with E-state index < -0.39 is 11.9 Å². The Kier molecular flexibility index (Phi) is 5.49. The first-order valence-corrected chi connectivity index (χ1v) is 9.87. The van der Waals surface area contributed by atoms with Gasteiger partial charge < -0.3 is 10.1 Å². The average molecular weight is 447 g/mol. The molecule has 2 heterocycles. The summed E-state index contributed by atoms with van der Waals surface area (Å²) in [6, 6.07) is 14.9. The number of alkyl halides is 3. The van der Waals surface area contributed by atoms with Gasteiger partial charge in [-0.3, -0.25) is 0 Å². The van der Waals surface area contributed by atoms with Crippen molar-refractivity contribution in [2.45, 2.75) is 20.0 Å². The third-order valence-electron chi connectivity index (χ3n) is 4.56. The van der Waals surface area contributed by atoms with Crippen LogP contribution in [0.3, 0.4) is 0 Å². The molecule has 0 atom stereocenters. The molecule has 0 unspecified atom stereocenters. The first kappa shape index (κ1) is 21.0. The van der Waals surface area contributed by atoms with E-state index in [0.29, 0.717) is 40.1 Å². The number of hydrogen-bond donors (Lipinski definition) is 1. The van der Waals surface area contributed by atoms with E-state index in [1.54, 1.807) is 37.3 Å². The fourth-order valence-corrected chi connectivity index (χ4v) is 3.38. The number of aryl methyl sites for hydroxylation is 1. The van der Waals surface area contributed by atoms with Crippen LogP contribution in [0.25, 0.3) is 16.8 Å². The monoisotopic (exact) mass is 446 g/mol. The van der Waals surface area contributed by atoms with E-state index in [-0.39, 0.29) is 11.2 Å². The molecule has 2 aromatic heterocycles. The number of nitrogens with one attached hydrogen (secondary N) is 1. The van der Waals surface area contributed by atoms with Gasteiger partial charge in [0, 0.05) is 22.5 Å². The Hall–Kier alpha value is -3.26. The van der Waals surface area contributed by atoms with E-state index in [1.165, 1.54) is 28.8 Å². The predicted molar refractivity (Wildman–Crippen MR) is 114 cm³/mol. The minimum Gasteiger partial charge on any atom is -0.494 e. The summed E-state index contributed by atoms with van der Waals surface area (Å²) in [5.41, 5.74) is 0.544.